The zero-order valence-electron chi connectivity index (χ0n) is 16.2. The third kappa shape index (κ3) is 3.17. The van der Waals surface area contributed by atoms with Gasteiger partial charge < -0.3 is 9.30 Å². The maximum absolute atomic E-state index is 5.51. The summed E-state index contributed by atoms with van der Waals surface area (Å²) in [4.78, 5) is 9.76. The second-order valence-electron chi connectivity index (χ2n) is 8.39. The van der Waals surface area contributed by atoms with Crippen molar-refractivity contribution in [2.45, 2.75) is 43.8 Å². The molecule has 2 bridgehead atoms. The van der Waals surface area contributed by atoms with Crippen molar-refractivity contribution in [1.82, 2.24) is 19.4 Å². The molecule has 4 saturated heterocycles. The van der Waals surface area contributed by atoms with Crippen LogP contribution in [0.4, 0.5) is 0 Å². The van der Waals surface area contributed by atoms with Gasteiger partial charge in [-0.05, 0) is 56.0 Å². The van der Waals surface area contributed by atoms with Crippen molar-refractivity contribution < 1.29 is 4.74 Å². The summed E-state index contributed by atoms with van der Waals surface area (Å²) in [5.74, 6) is 2.46. The first kappa shape index (κ1) is 17.3. The first-order valence-corrected chi connectivity index (χ1v) is 10.4. The van der Waals surface area contributed by atoms with Crippen molar-refractivity contribution >= 4 is 0 Å². The Morgan fingerprint density at radius 3 is 2.81 bits per heavy atom. The Balaban J connectivity index is 1.36. The highest BCUT2D eigenvalue weighted by atomic mass is 16.5. The van der Waals surface area contributed by atoms with E-state index < -0.39 is 0 Å². The third-order valence-electron chi connectivity index (χ3n) is 7.04. The van der Waals surface area contributed by atoms with Crippen LogP contribution < -0.4 is 4.74 Å². The van der Waals surface area contributed by atoms with Crippen molar-refractivity contribution in [3.8, 4) is 5.75 Å². The van der Waals surface area contributed by atoms with E-state index in [9.17, 15) is 0 Å². The van der Waals surface area contributed by atoms with Crippen molar-refractivity contribution in [2.75, 3.05) is 33.3 Å². The van der Waals surface area contributed by atoms with E-state index in [0.717, 1.165) is 24.3 Å². The van der Waals surface area contributed by atoms with Crippen LogP contribution in [-0.4, -0.2) is 64.7 Å². The Labute approximate surface area is 161 Å². The fourth-order valence-corrected chi connectivity index (χ4v) is 5.83. The van der Waals surface area contributed by atoms with Gasteiger partial charge in [-0.1, -0.05) is 12.1 Å². The van der Waals surface area contributed by atoms with Crippen molar-refractivity contribution in [1.29, 1.82) is 0 Å². The van der Waals surface area contributed by atoms with Gasteiger partial charge in [0.25, 0.3) is 0 Å². The number of hydrogen-bond donors (Lipinski definition) is 0. The topological polar surface area (TPSA) is 33.5 Å². The molecule has 144 valence electrons. The Bertz CT molecular complexity index is 753. The van der Waals surface area contributed by atoms with Crippen LogP contribution in [0.5, 0.6) is 5.75 Å². The van der Waals surface area contributed by atoms with Crippen LogP contribution in [0, 0.1) is 5.92 Å². The van der Waals surface area contributed by atoms with E-state index in [1.807, 2.05) is 12.5 Å². The number of aryl methyl sites for hydroxylation is 1. The lowest BCUT2D eigenvalue weighted by Crippen LogP contribution is -2.60. The number of aromatic nitrogens is 2. The predicted octanol–water partition coefficient (Wildman–Crippen LogP) is 2.84. The van der Waals surface area contributed by atoms with Gasteiger partial charge in [-0.25, -0.2) is 4.98 Å². The number of likely N-dealkylation sites (tertiary alicyclic amines) is 1. The quantitative estimate of drug-likeness (QED) is 0.787. The largest absolute Gasteiger partial charge is 0.497 e. The van der Waals surface area contributed by atoms with E-state index in [4.69, 9.17) is 4.74 Å². The van der Waals surface area contributed by atoms with Gasteiger partial charge in [0.2, 0.25) is 0 Å². The minimum atomic E-state index is 0.599. The molecular weight excluding hydrogens is 336 g/mol. The summed E-state index contributed by atoms with van der Waals surface area (Å²) in [5, 5.41) is 0. The summed E-state index contributed by atoms with van der Waals surface area (Å²) in [6, 6.07) is 10.2. The highest BCUT2D eigenvalue weighted by Crippen LogP contribution is 2.46. The molecular formula is C22H30N4O. The van der Waals surface area contributed by atoms with Crippen molar-refractivity contribution in [3.63, 3.8) is 0 Å². The number of ether oxygens (including phenoxy) is 1. The van der Waals surface area contributed by atoms with Gasteiger partial charge in [0.15, 0.2) is 0 Å². The maximum atomic E-state index is 5.51. The maximum Gasteiger partial charge on any atom is 0.119 e. The number of nitrogens with zero attached hydrogens (tertiary/aromatic N) is 4. The minimum Gasteiger partial charge on any atom is -0.497 e. The molecule has 0 unspecified atom stereocenters. The Morgan fingerprint density at radius 1 is 1.15 bits per heavy atom. The van der Waals surface area contributed by atoms with Gasteiger partial charge in [0.05, 0.1) is 13.4 Å². The number of benzene rings is 1. The van der Waals surface area contributed by atoms with Crippen LogP contribution in [-0.2, 0) is 6.54 Å². The van der Waals surface area contributed by atoms with E-state index in [0.29, 0.717) is 12.0 Å². The standard InChI is InChI=1S/C22H30N4O/c1-27-19-5-2-4-18(14-19)20-15-26(10-3-9-24-13-8-23-16-24)21-17-6-11-25(12-7-17)22(20)21/h2,4-5,8,13-14,16-17,20-22H,3,6-7,9-12,15H2,1H3/t20-,21+,22+/m0/s1. The summed E-state index contributed by atoms with van der Waals surface area (Å²) >= 11 is 0. The molecule has 3 atom stereocenters. The molecule has 0 radical (unpaired) electrons. The van der Waals surface area contributed by atoms with E-state index in [-0.39, 0.29) is 0 Å². The number of piperidine rings is 3. The summed E-state index contributed by atoms with van der Waals surface area (Å²) in [7, 11) is 1.77. The molecule has 0 N–H and O–H groups in total. The Morgan fingerprint density at radius 2 is 2.04 bits per heavy atom. The fraction of sp³-hybridized carbons (Fsp3) is 0.591. The van der Waals surface area contributed by atoms with Gasteiger partial charge in [-0.2, -0.15) is 0 Å². The average Bonchev–Trinajstić information content (AvgIpc) is 3.38. The molecule has 2 aromatic rings. The van der Waals surface area contributed by atoms with Crippen LogP contribution >= 0.6 is 0 Å². The molecule has 1 aromatic carbocycles. The molecule has 0 saturated carbocycles. The van der Waals surface area contributed by atoms with E-state index in [1.165, 1.54) is 51.0 Å². The van der Waals surface area contributed by atoms with E-state index in [2.05, 4.69) is 49.8 Å². The number of rotatable bonds is 6. The monoisotopic (exact) mass is 366 g/mol. The number of fused-ring (bicyclic) bond motifs is 2. The van der Waals surface area contributed by atoms with Crippen LogP contribution in [0.2, 0.25) is 0 Å². The molecule has 4 aliphatic rings. The number of imidazole rings is 1. The summed E-state index contributed by atoms with van der Waals surface area (Å²) in [6.45, 7) is 6.00. The van der Waals surface area contributed by atoms with Crippen molar-refractivity contribution in [2.24, 2.45) is 5.92 Å². The Hall–Kier alpha value is -1.85. The van der Waals surface area contributed by atoms with Crippen molar-refractivity contribution in [3.05, 3.63) is 48.5 Å². The first-order valence-electron chi connectivity index (χ1n) is 10.4. The molecule has 1 aromatic heterocycles. The highest BCUT2D eigenvalue weighted by molar-refractivity contribution is 5.34. The normalized spacial score (nSPS) is 32.6. The van der Waals surface area contributed by atoms with Gasteiger partial charge in [0, 0.05) is 50.0 Å². The molecule has 6 rings (SSSR count). The van der Waals surface area contributed by atoms with Crippen LogP contribution in [0.25, 0.3) is 0 Å². The number of methoxy groups -OCH3 is 1. The fourth-order valence-electron chi connectivity index (χ4n) is 5.83. The summed E-state index contributed by atoms with van der Waals surface area (Å²) in [5.41, 5.74) is 1.45. The summed E-state index contributed by atoms with van der Waals surface area (Å²) in [6.07, 6.45) is 9.82. The number of hydrogen-bond acceptors (Lipinski definition) is 4. The lowest BCUT2D eigenvalue weighted by molar-refractivity contribution is -0.00693. The molecule has 4 fully saturated rings. The van der Waals surface area contributed by atoms with E-state index >= 15 is 0 Å². The Kier molecular flexibility index (Phi) is 4.66. The van der Waals surface area contributed by atoms with Gasteiger partial charge in [-0.15, -0.1) is 0 Å². The second-order valence-corrected chi connectivity index (χ2v) is 8.39. The van der Waals surface area contributed by atoms with Gasteiger partial charge in [-0.3, -0.25) is 9.80 Å². The first-order chi connectivity index (χ1) is 13.3. The zero-order chi connectivity index (χ0) is 18.2. The van der Waals surface area contributed by atoms with Crippen LogP contribution in [0.1, 0.15) is 30.7 Å². The molecule has 5 nitrogen and oxygen atoms in total. The van der Waals surface area contributed by atoms with Crippen LogP contribution in [0.3, 0.4) is 0 Å². The molecule has 5 heterocycles. The second kappa shape index (κ2) is 7.28. The molecule has 27 heavy (non-hydrogen) atoms. The summed E-state index contributed by atoms with van der Waals surface area (Å²) < 4.78 is 7.71. The van der Waals surface area contributed by atoms with Gasteiger partial charge >= 0.3 is 0 Å². The molecule has 0 amide bonds. The van der Waals surface area contributed by atoms with Gasteiger partial charge in [0.1, 0.15) is 5.75 Å². The van der Waals surface area contributed by atoms with E-state index in [1.54, 1.807) is 7.11 Å². The molecule has 0 aliphatic carbocycles. The smallest absolute Gasteiger partial charge is 0.119 e. The highest BCUT2D eigenvalue weighted by Gasteiger charge is 2.52. The minimum absolute atomic E-state index is 0.599. The lowest BCUT2D eigenvalue weighted by Gasteiger charge is -2.51. The molecule has 0 spiro atoms. The zero-order valence-corrected chi connectivity index (χ0v) is 16.2. The third-order valence-corrected chi connectivity index (χ3v) is 7.04. The van der Waals surface area contributed by atoms with Crippen LogP contribution in [0.15, 0.2) is 43.0 Å². The molecule has 4 aliphatic heterocycles. The average molecular weight is 367 g/mol. The predicted molar refractivity (Wildman–Crippen MR) is 106 cm³/mol. The SMILES string of the molecule is COc1cccc([C@@H]2CN(CCCn3ccnc3)[C@@H]3C4CCN(CC4)[C@@H]32)c1. The lowest BCUT2D eigenvalue weighted by atomic mass is 9.75. The molecule has 5 heteroatoms.